The van der Waals surface area contributed by atoms with Crippen LogP contribution in [0.5, 0.6) is 11.5 Å². The zero-order chi connectivity index (χ0) is 19.3. The van der Waals surface area contributed by atoms with Gasteiger partial charge >= 0.3 is 0 Å². The Bertz CT molecular complexity index is 1180. The molecule has 0 bridgehead atoms. The second kappa shape index (κ2) is 6.27. The van der Waals surface area contributed by atoms with Crippen LogP contribution in [0, 0.1) is 6.92 Å². The van der Waals surface area contributed by atoms with Gasteiger partial charge in [0.05, 0.1) is 31.2 Å². The van der Waals surface area contributed by atoms with Gasteiger partial charge < -0.3 is 14.0 Å². The highest BCUT2D eigenvalue weighted by molar-refractivity contribution is 5.88. The van der Waals surface area contributed by atoms with E-state index in [4.69, 9.17) is 14.0 Å². The van der Waals surface area contributed by atoms with Gasteiger partial charge in [-0.15, -0.1) is 0 Å². The fraction of sp³-hybridized carbons (Fsp3) is 0.182. The Hall–Kier alpha value is -3.54. The summed E-state index contributed by atoms with van der Waals surface area (Å²) in [5.74, 6) is 2.18. The monoisotopic (exact) mass is 373 g/mol. The Morgan fingerprint density at radius 1 is 1.00 bits per heavy atom. The Morgan fingerprint density at radius 3 is 2.50 bits per heavy atom. The number of hydrogen-bond donors (Lipinski definition) is 1. The normalized spacial score (nSPS) is 12.0. The SMILES string of the molecule is COc1cc2c(cc1OC)-c1n[nH]c(-c3c(-c4ccccc4)noc3C)c1C2. The fourth-order valence-corrected chi connectivity index (χ4v) is 3.90. The summed E-state index contributed by atoms with van der Waals surface area (Å²) < 4.78 is 16.5. The molecule has 2 aromatic carbocycles. The number of H-pyrrole nitrogens is 1. The molecule has 0 radical (unpaired) electrons. The Kier molecular flexibility index (Phi) is 3.72. The van der Waals surface area contributed by atoms with Gasteiger partial charge in [0.15, 0.2) is 11.5 Å². The van der Waals surface area contributed by atoms with Crippen molar-refractivity contribution in [2.24, 2.45) is 0 Å². The first-order valence-electron chi connectivity index (χ1n) is 9.05. The molecule has 2 aromatic heterocycles. The van der Waals surface area contributed by atoms with Crippen molar-refractivity contribution in [1.29, 1.82) is 0 Å². The molecule has 0 unspecified atom stereocenters. The molecule has 0 saturated carbocycles. The van der Waals surface area contributed by atoms with Gasteiger partial charge in [0.1, 0.15) is 11.5 Å². The predicted molar refractivity (Wildman–Crippen MR) is 106 cm³/mol. The van der Waals surface area contributed by atoms with Crippen LogP contribution in [0.4, 0.5) is 0 Å². The summed E-state index contributed by atoms with van der Waals surface area (Å²) in [6, 6.07) is 14.1. The predicted octanol–water partition coefficient (Wildman–Crippen LogP) is 4.63. The molecule has 6 heteroatoms. The van der Waals surface area contributed by atoms with Crippen molar-refractivity contribution in [3.63, 3.8) is 0 Å². The third-order valence-electron chi connectivity index (χ3n) is 5.26. The molecule has 0 aliphatic heterocycles. The van der Waals surface area contributed by atoms with E-state index in [1.165, 1.54) is 5.56 Å². The summed E-state index contributed by atoms with van der Waals surface area (Å²) in [7, 11) is 3.29. The van der Waals surface area contributed by atoms with Crippen LogP contribution in [0.1, 0.15) is 16.9 Å². The van der Waals surface area contributed by atoms with Crippen molar-refractivity contribution in [3.8, 4) is 45.3 Å². The van der Waals surface area contributed by atoms with Crippen molar-refractivity contribution < 1.29 is 14.0 Å². The van der Waals surface area contributed by atoms with Gasteiger partial charge in [-0.05, 0) is 24.6 Å². The molecule has 0 amide bonds. The van der Waals surface area contributed by atoms with Crippen LogP contribution < -0.4 is 9.47 Å². The van der Waals surface area contributed by atoms with E-state index < -0.39 is 0 Å². The van der Waals surface area contributed by atoms with Crippen LogP contribution in [0.15, 0.2) is 47.0 Å². The summed E-state index contributed by atoms with van der Waals surface area (Å²) in [5.41, 5.74) is 8.02. The van der Waals surface area contributed by atoms with Crippen LogP contribution in [0.2, 0.25) is 0 Å². The smallest absolute Gasteiger partial charge is 0.161 e. The lowest BCUT2D eigenvalue weighted by Crippen LogP contribution is -1.94. The van der Waals surface area contributed by atoms with Gasteiger partial charge in [-0.1, -0.05) is 35.5 Å². The molecule has 0 spiro atoms. The topological polar surface area (TPSA) is 73.2 Å². The molecule has 0 saturated heterocycles. The number of hydrogen-bond acceptors (Lipinski definition) is 5. The number of aromatic nitrogens is 3. The lowest BCUT2D eigenvalue weighted by Gasteiger charge is -2.10. The van der Waals surface area contributed by atoms with Crippen LogP contribution >= 0.6 is 0 Å². The quantitative estimate of drug-likeness (QED) is 0.497. The highest BCUT2D eigenvalue weighted by Gasteiger charge is 2.30. The molecule has 6 nitrogen and oxygen atoms in total. The minimum atomic E-state index is 0.699. The van der Waals surface area contributed by atoms with Crippen molar-refractivity contribution in [2.75, 3.05) is 14.2 Å². The number of methoxy groups -OCH3 is 2. The third-order valence-corrected chi connectivity index (χ3v) is 5.26. The Balaban J connectivity index is 1.66. The van der Waals surface area contributed by atoms with E-state index in [-0.39, 0.29) is 0 Å². The molecular formula is C22H19N3O3. The van der Waals surface area contributed by atoms with E-state index >= 15 is 0 Å². The van der Waals surface area contributed by atoms with Crippen molar-refractivity contribution in [2.45, 2.75) is 13.3 Å². The molecule has 5 rings (SSSR count). The zero-order valence-electron chi connectivity index (χ0n) is 15.9. The molecule has 140 valence electrons. The Morgan fingerprint density at radius 2 is 1.75 bits per heavy atom. The molecular weight excluding hydrogens is 354 g/mol. The van der Waals surface area contributed by atoms with Crippen LogP contribution in [0.25, 0.3) is 33.8 Å². The maximum absolute atomic E-state index is 5.55. The fourth-order valence-electron chi connectivity index (χ4n) is 3.90. The molecule has 4 aromatic rings. The van der Waals surface area contributed by atoms with E-state index in [1.54, 1.807) is 14.2 Å². The van der Waals surface area contributed by atoms with E-state index in [9.17, 15) is 0 Å². The highest BCUT2D eigenvalue weighted by atomic mass is 16.5. The molecule has 0 atom stereocenters. The second-order valence-corrected chi connectivity index (χ2v) is 6.80. The number of nitrogens with zero attached hydrogens (tertiary/aromatic N) is 2. The molecule has 1 aliphatic rings. The van der Waals surface area contributed by atoms with Crippen molar-refractivity contribution in [1.82, 2.24) is 15.4 Å². The lowest BCUT2D eigenvalue weighted by atomic mass is 10.00. The number of benzene rings is 2. The van der Waals surface area contributed by atoms with E-state index in [1.807, 2.05) is 49.4 Å². The second-order valence-electron chi connectivity index (χ2n) is 6.80. The summed E-state index contributed by atoms with van der Waals surface area (Å²) in [4.78, 5) is 0. The summed E-state index contributed by atoms with van der Waals surface area (Å²) >= 11 is 0. The van der Waals surface area contributed by atoms with Crippen LogP contribution in [0.3, 0.4) is 0 Å². The average Bonchev–Trinajstić information content (AvgIpc) is 3.40. The summed E-state index contributed by atoms with van der Waals surface area (Å²) in [6.07, 6.45) is 0.760. The van der Waals surface area contributed by atoms with Gasteiger partial charge in [-0.2, -0.15) is 5.10 Å². The minimum Gasteiger partial charge on any atom is -0.493 e. The number of aromatic amines is 1. The third kappa shape index (κ3) is 2.34. The molecule has 28 heavy (non-hydrogen) atoms. The van der Waals surface area contributed by atoms with Crippen molar-refractivity contribution in [3.05, 3.63) is 59.4 Å². The molecule has 2 heterocycles. The number of ether oxygens (including phenoxy) is 2. The summed E-state index contributed by atoms with van der Waals surface area (Å²) in [5, 5.41) is 12.1. The average molecular weight is 373 g/mol. The maximum Gasteiger partial charge on any atom is 0.161 e. The van der Waals surface area contributed by atoms with Gasteiger partial charge in [0, 0.05) is 23.1 Å². The minimum absolute atomic E-state index is 0.699. The zero-order valence-corrected chi connectivity index (χ0v) is 15.9. The Labute approximate surface area is 162 Å². The molecule has 0 fully saturated rings. The first kappa shape index (κ1) is 16.6. The van der Waals surface area contributed by atoms with Gasteiger partial charge in [0.2, 0.25) is 0 Å². The van der Waals surface area contributed by atoms with Gasteiger partial charge in [0.25, 0.3) is 0 Å². The van der Waals surface area contributed by atoms with Crippen LogP contribution in [-0.2, 0) is 6.42 Å². The maximum atomic E-state index is 5.55. The number of rotatable bonds is 4. The lowest BCUT2D eigenvalue weighted by molar-refractivity contribution is 0.355. The standard InChI is InChI=1S/C22H19N3O3/c1-12-19(20(25-28-12)13-7-5-4-6-8-13)22-16-9-14-10-17(26-2)18(27-3)11-15(14)21(16)23-24-22/h4-8,10-11H,9H2,1-3H3,(H,23,24). The summed E-state index contributed by atoms with van der Waals surface area (Å²) in [6.45, 7) is 1.93. The number of nitrogens with one attached hydrogen (secondary N) is 1. The number of fused-ring (bicyclic) bond motifs is 3. The van der Waals surface area contributed by atoms with E-state index in [2.05, 4.69) is 15.4 Å². The largest absolute Gasteiger partial charge is 0.493 e. The van der Waals surface area contributed by atoms with Gasteiger partial charge in [-0.3, -0.25) is 5.10 Å². The highest BCUT2D eigenvalue weighted by Crippen LogP contribution is 2.46. The van der Waals surface area contributed by atoms with Crippen LogP contribution in [-0.4, -0.2) is 29.6 Å². The molecule has 1 aliphatic carbocycles. The number of aryl methyl sites for hydroxylation is 1. The van der Waals surface area contributed by atoms with Crippen molar-refractivity contribution >= 4 is 0 Å². The first-order valence-corrected chi connectivity index (χ1v) is 9.05. The van der Waals surface area contributed by atoms with E-state index in [0.717, 1.165) is 57.3 Å². The van der Waals surface area contributed by atoms with E-state index in [0.29, 0.717) is 5.75 Å². The van der Waals surface area contributed by atoms with Gasteiger partial charge in [-0.25, -0.2) is 0 Å². The molecule has 1 N–H and O–H groups in total. The first-order chi connectivity index (χ1) is 13.7.